The molecule has 0 unspecified atom stereocenters. The van der Waals surface area contributed by atoms with Gasteiger partial charge >= 0.3 is 0 Å². The van der Waals surface area contributed by atoms with Gasteiger partial charge < -0.3 is 14.8 Å². The number of rotatable bonds is 8. The van der Waals surface area contributed by atoms with Crippen molar-refractivity contribution >= 4 is 23.4 Å². The van der Waals surface area contributed by atoms with Gasteiger partial charge in [0.2, 0.25) is 5.91 Å². The monoisotopic (exact) mass is 509 g/mol. The van der Waals surface area contributed by atoms with Crippen LogP contribution in [0.25, 0.3) is 22.4 Å². The van der Waals surface area contributed by atoms with Crippen LogP contribution in [0.3, 0.4) is 0 Å². The summed E-state index contributed by atoms with van der Waals surface area (Å²) in [4.78, 5) is 17.9. The Hall–Kier alpha value is -4.28. The number of hydrogen-bond donors (Lipinski definition) is 1. The van der Waals surface area contributed by atoms with Crippen molar-refractivity contribution in [1.29, 1.82) is 5.26 Å². The van der Waals surface area contributed by atoms with E-state index in [4.69, 9.17) is 14.5 Å². The Morgan fingerprint density at radius 3 is 2.32 bits per heavy atom. The first-order chi connectivity index (χ1) is 17.9. The molecule has 3 aromatic carbocycles. The van der Waals surface area contributed by atoms with E-state index in [2.05, 4.69) is 11.4 Å². The van der Waals surface area contributed by atoms with Crippen LogP contribution in [0.2, 0.25) is 0 Å². The predicted molar refractivity (Wildman–Crippen MR) is 148 cm³/mol. The first-order valence-corrected chi connectivity index (χ1v) is 12.6. The van der Waals surface area contributed by atoms with Crippen molar-refractivity contribution in [2.45, 2.75) is 24.1 Å². The lowest BCUT2D eigenvalue weighted by molar-refractivity contribution is -0.115. The molecule has 6 nitrogen and oxygen atoms in total. The number of pyridine rings is 1. The number of nitriles is 1. The van der Waals surface area contributed by atoms with Crippen LogP contribution in [0, 0.1) is 18.3 Å². The molecule has 0 aliphatic rings. The summed E-state index contributed by atoms with van der Waals surface area (Å²) in [7, 11) is 3.15. The zero-order valence-corrected chi connectivity index (χ0v) is 21.9. The molecule has 4 rings (SSSR count). The Kier molecular flexibility index (Phi) is 8.11. The maximum atomic E-state index is 13.1. The molecule has 0 fully saturated rings. The van der Waals surface area contributed by atoms with E-state index in [0.717, 1.165) is 22.4 Å². The number of benzene rings is 3. The molecule has 1 heterocycles. The van der Waals surface area contributed by atoms with Crippen LogP contribution in [-0.4, -0.2) is 30.4 Å². The largest absolute Gasteiger partial charge is 0.493 e. The molecule has 0 aliphatic heterocycles. The maximum absolute atomic E-state index is 13.1. The van der Waals surface area contributed by atoms with E-state index in [0.29, 0.717) is 33.3 Å². The van der Waals surface area contributed by atoms with Crippen LogP contribution in [0.1, 0.15) is 18.1 Å². The molecule has 4 aromatic rings. The SMILES string of the molecule is COc1ccc(-c2cc(-c3ccccc3)nc(S[C@H](C)C(=O)Nc3ccccc3C)c2C#N)cc1OC. The van der Waals surface area contributed by atoms with E-state index >= 15 is 0 Å². The molecule has 0 saturated heterocycles. The molecule has 1 N–H and O–H groups in total. The normalized spacial score (nSPS) is 11.3. The number of carbonyl (C=O) groups is 1. The summed E-state index contributed by atoms with van der Waals surface area (Å²) >= 11 is 1.26. The molecule has 0 saturated carbocycles. The summed E-state index contributed by atoms with van der Waals surface area (Å²) in [6.07, 6.45) is 0. The molecule has 37 heavy (non-hydrogen) atoms. The number of hydrogen-bond acceptors (Lipinski definition) is 6. The van der Waals surface area contributed by atoms with Crippen molar-refractivity contribution in [3.63, 3.8) is 0 Å². The standard InChI is InChI=1S/C30H27N3O3S/c1-19-10-8-9-13-25(19)32-29(34)20(2)37-30-24(18-31)23(17-26(33-30)21-11-6-5-7-12-21)22-14-15-27(35-3)28(16-22)36-4/h5-17,20H,1-4H3,(H,32,34)/t20-/m1/s1. The minimum atomic E-state index is -0.497. The second-order valence-electron chi connectivity index (χ2n) is 8.35. The van der Waals surface area contributed by atoms with Gasteiger partial charge in [0.1, 0.15) is 11.1 Å². The van der Waals surface area contributed by atoms with Crippen molar-refractivity contribution in [3.8, 4) is 40.0 Å². The number of methoxy groups -OCH3 is 2. The molecular formula is C30H27N3O3S. The van der Waals surface area contributed by atoms with Gasteiger partial charge in [-0.05, 0) is 49.2 Å². The summed E-state index contributed by atoms with van der Waals surface area (Å²) in [5.74, 6) is 0.989. The van der Waals surface area contributed by atoms with E-state index in [1.807, 2.05) is 92.7 Å². The second kappa shape index (κ2) is 11.6. The van der Waals surface area contributed by atoms with Crippen LogP contribution in [-0.2, 0) is 4.79 Å². The van der Waals surface area contributed by atoms with Gasteiger partial charge in [0, 0.05) is 16.8 Å². The van der Waals surface area contributed by atoms with E-state index in [1.54, 1.807) is 14.2 Å². The van der Waals surface area contributed by atoms with Gasteiger partial charge in [0.05, 0.1) is 30.7 Å². The smallest absolute Gasteiger partial charge is 0.237 e. The lowest BCUT2D eigenvalue weighted by Crippen LogP contribution is -2.23. The van der Waals surface area contributed by atoms with Gasteiger partial charge in [-0.1, -0.05) is 66.4 Å². The topological polar surface area (TPSA) is 84.2 Å². The fourth-order valence-corrected chi connectivity index (χ4v) is 4.80. The number of aromatic nitrogens is 1. The van der Waals surface area contributed by atoms with Crippen molar-refractivity contribution < 1.29 is 14.3 Å². The Balaban J connectivity index is 1.78. The number of ether oxygens (including phenoxy) is 2. The fourth-order valence-electron chi connectivity index (χ4n) is 3.87. The molecule has 0 radical (unpaired) electrons. The summed E-state index contributed by atoms with van der Waals surface area (Å²) in [5.41, 5.74) is 5.24. The van der Waals surface area contributed by atoms with Gasteiger partial charge in [-0.15, -0.1) is 0 Å². The van der Waals surface area contributed by atoms with Crippen LogP contribution in [0.5, 0.6) is 11.5 Å². The summed E-state index contributed by atoms with van der Waals surface area (Å²) in [6, 6.07) is 27.1. The average molecular weight is 510 g/mol. The Morgan fingerprint density at radius 1 is 0.946 bits per heavy atom. The molecule has 7 heteroatoms. The van der Waals surface area contributed by atoms with Gasteiger partial charge in [-0.25, -0.2) is 4.98 Å². The molecule has 0 spiro atoms. The highest BCUT2D eigenvalue weighted by Crippen LogP contribution is 2.39. The molecule has 0 bridgehead atoms. The number of nitrogens with one attached hydrogen (secondary N) is 1. The Bertz CT molecular complexity index is 1470. The van der Waals surface area contributed by atoms with Gasteiger partial charge in [-0.2, -0.15) is 5.26 Å². The second-order valence-corrected chi connectivity index (χ2v) is 9.68. The number of amides is 1. The van der Waals surface area contributed by atoms with Crippen molar-refractivity contribution in [1.82, 2.24) is 4.98 Å². The quantitative estimate of drug-likeness (QED) is 0.265. The molecule has 1 aromatic heterocycles. The highest BCUT2D eigenvalue weighted by Gasteiger charge is 2.22. The molecule has 1 atom stereocenters. The van der Waals surface area contributed by atoms with E-state index in [-0.39, 0.29) is 5.91 Å². The third-order valence-electron chi connectivity index (χ3n) is 5.92. The van der Waals surface area contributed by atoms with E-state index < -0.39 is 5.25 Å². The lowest BCUT2D eigenvalue weighted by atomic mass is 9.99. The number of thioether (sulfide) groups is 1. The molecule has 0 aliphatic carbocycles. The molecular weight excluding hydrogens is 482 g/mol. The fraction of sp³-hybridized carbons (Fsp3) is 0.167. The number of carbonyl (C=O) groups excluding carboxylic acids is 1. The van der Waals surface area contributed by atoms with Crippen LogP contribution in [0.15, 0.2) is 83.9 Å². The average Bonchev–Trinajstić information content (AvgIpc) is 2.93. The van der Waals surface area contributed by atoms with Crippen molar-refractivity contribution in [2.75, 3.05) is 19.5 Å². The van der Waals surface area contributed by atoms with Crippen LogP contribution < -0.4 is 14.8 Å². The van der Waals surface area contributed by atoms with Gasteiger partial charge in [0.25, 0.3) is 0 Å². The Morgan fingerprint density at radius 2 is 1.65 bits per heavy atom. The van der Waals surface area contributed by atoms with Gasteiger partial charge in [-0.3, -0.25) is 4.79 Å². The zero-order valence-electron chi connectivity index (χ0n) is 21.1. The highest BCUT2D eigenvalue weighted by atomic mass is 32.2. The molecule has 1 amide bonds. The Labute approximate surface area is 221 Å². The third kappa shape index (κ3) is 5.76. The van der Waals surface area contributed by atoms with E-state index in [9.17, 15) is 10.1 Å². The summed E-state index contributed by atoms with van der Waals surface area (Å²) < 4.78 is 10.9. The summed E-state index contributed by atoms with van der Waals surface area (Å²) in [5, 5.41) is 13.2. The van der Waals surface area contributed by atoms with Gasteiger partial charge in [0.15, 0.2) is 11.5 Å². The predicted octanol–water partition coefficient (Wildman–Crippen LogP) is 6.73. The minimum Gasteiger partial charge on any atom is -0.493 e. The lowest BCUT2D eigenvalue weighted by Gasteiger charge is -2.17. The van der Waals surface area contributed by atoms with Crippen LogP contribution >= 0.6 is 11.8 Å². The van der Waals surface area contributed by atoms with Crippen LogP contribution in [0.4, 0.5) is 5.69 Å². The first-order valence-electron chi connectivity index (χ1n) is 11.7. The first kappa shape index (κ1) is 25.8. The van der Waals surface area contributed by atoms with Crippen molar-refractivity contribution in [3.05, 3.63) is 90.0 Å². The summed E-state index contributed by atoms with van der Waals surface area (Å²) in [6.45, 7) is 3.76. The maximum Gasteiger partial charge on any atom is 0.237 e. The number of para-hydroxylation sites is 1. The number of nitrogens with zero attached hydrogens (tertiary/aromatic N) is 2. The minimum absolute atomic E-state index is 0.164. The zero-order chi connectivity index (χ0) is 26.4. The number of anilines is 1. The highest BCUT2D eigenvalue weighted by molar-refractivity contribution is 8.00. The van der Waals surface area contributed by atoms with Crippen molar-refractivity contribution in [2.24, 2.45) is 0 Å². The molecule has 186 valence electrons. The third-order valence-corrected chi connectivity index (χ3v) is 7.01. The number of aryl methyl sites for hydroxylation is 1. The van der Waals surface area contributed by atoms with E-state index in [1.165, 1.54) is 11.8 Å².